The van der Waals surface area contributed by atoms with Crippen LogP contribution < -0.4 is 5.32 Å². The van der Waals surface area contributed by atoms with E-state index >= 15 is 0 Å². The summed E-state index contributed by atoms with van der Waals surface area (Å²) in [4.78, 5) is 22.8. The van der Waals surface area contributed by atoms with Crippen LogP contribution >= 0.6 is 0 Å². The van der Waals surface area contributed by atoms with Crippen LogP contribution in [0.15, 0.2) is 24.3 Å². The van der Waals surface area contributed by atoms with E-state index in [9.17, 15) is 9.59 Å². The van der Waals surface area contributed by atoms with Crippen molar-refractivity contribution >= 4 is 11.9 Å². The standard InChI is InChI=1S/C13H17NO3/c1-3-6-11(13(16)17)14-12(15)10-8-5-4-7-9(10)2/h4-5,7-8,11H,3,6H2,1-2H3,(H,14,15)(H,16,17). The molecule has 0 aliphatic heterocycles. The molecule has 2 N–H and O–H groups in total. The summed E-state index contributed by atoms with van der Waals surface area (Å²) in [6.07, 6.45) is 1.15. The predicted octanol–water partition coefficient (Wildman–Crippen LogP) is 1.98. The Morgan fingerprint density at radius 2 is 2.00 bits per heavy atom. The van der Waals surface area contributed by atoms with E-state index in [0.29, 0.717) is 18.4 Å². The SMILES string of the molecule is CCCC(NC(=O)c1ccccc1C)C(=O)O. The number of nitrogens with one attached hydrogen (secondary N) is 1. The Morgan fingerprint density at radius 1 is 1.35 bits per heavy atom. The molecule has 0 heterocycles. The first-order valence-corrected chi connectivity index (χ1v) is 5.65. The highest BCUT2D eigenvalue weighted by Gasteiger charge is 2.20. The van der Waals surface area contributed by atoms with Crippen molar-refractivity contribution in [2.75, 3.05) is 0 Å². The van der Waals surface area contributed by atoms with Crippen molar-refractivity contribution < 1.29 is 14.7 Å². The monoisotopic (exact) mass is 235 g/mol. The van der Waals surface area contributed by atoms with E-state index in [4.69, 9.17) is 5.11 Å². The number of rotatable bonds is 5. The Labute approximate surface area is 101 Å². The topological polar surface area (TPSA) is 66.4 Å². The lowest BCUT2D eigenvalue weighted by molar-refractivity contribution is -0.139. The highest BCUT2D eigenvalue weighted by atomic mass is 16.4. The number of carbonyl (C=O) groups is 2. The van der Waals surface area contributed by atoms with Gasteiger partial charge < -0.3 is 10.4 Å². The molecule has 1 aromatic rings. The molecule has 92 valence electrons. The van der Waals surface area contributed by atoms with Gasteiger partial charge in [0.25, 0.3) is 5.91 Å². The summed E-state index contributed by atoms with van der Waals surface area (Å²) in [5.41, 5.74) is 1.36. The number of amides is 1. The van der Waals surface area contributed by atoms with Crippen LogP contribution in [0.1, 0.15) is 35.7 Å². The Balaban J connectivity index is 2.77. The second-order valence-electron chi connectivity index (χ2n) is 3.97. The summed E-state index contributed by atoms with van der Waals surface area (Å²) in [7, 11) is 0. The summed E-state index contributed by atoms with van der Waals surface area (Å²) in [6, 6.07) is 6.30. The zero-order valence-corrected chi connectivity index (χ0v) is 10.1. The number of aryl methyl sites for hydroxylation is 1. The van der Waals surface area contributed by atoms with Gasteiger partial charge in [-0.15, -0.1) is 0 Å². The van der Waals surface area contributed by atoms with Gasteiger partial charge in [-0.2, -0.15) is 0 Å². The molecular formula is C13H17NO3. The smallest absolute Gasteiger partial charge is 0.326 e. The van der Waals surface area contributed by atoms with Gasteiger partial charge in [-0.3, -0.25) is 4.79 Å². The van der Waals surface area contributed by atoms with E-state index in [1.165, 1.54) is 0 Å². The molecule has 0 saturated carbocycles. The number of hydrogen-bond donors (Lipinski definition) is 2. The highest BCUT2D eigenvalue weighted by Crippen LogP contribution is 2.08. The van der Waals surface area contributed by atoms with E-state index in [2.05, 4.69) is 5.32 Å². The number of aliphatic carboxylic acids is 1. The van der Waals surface area contributed by atoms with Gasteiger partial charge in [0, 0.05) is 5.56 Å². The number of carboxylic acids is 1. The first-order valence-electron chi connectivity index (χ1n) is 5.65. The van der Waals surface area contributed by atoms with Gasteiger partial charge in [0.05, 0.1) is 0 Å². The van der Waals surface area contributed by atoms with Crippen molar-refractivity contribution in [3.8, 4) is 0 Å². The average molecular weight is 235 g/mol. The summed E-state index contributed by atoms with van der Waals surface area (Å²) in [5.74, 6) is -1.32. The zero-order valence-electron chi connectivity index (χ0n) is 10.1. The van der Waals surface area contributed by atoms with Crippen molar-refractivity contribution in [1.29, 1.82) is 0 Å². The van der Waals surface area contributed by atoms with E-state index < -0.39 is 12.0 Å². The molecule has 17 heavy (non-hydrogen) atoms. The van der Waals surface area contributed by atoms with Crippen LogP contribution in [0.3, 0.4) is 0 Å². The molecule has 0 aromatic heterocycles. The van der Waals surface area contributed by atoms with Gasteiger partial charge in [-0.1, -0.05) is 31.5 Å². The van der Waals surface area contributed by atoms with Crippen molar-refractivity contribution in [1.82, 2.24) is 5.32 Å². The Morgan fingerprint density at radius 3 is 2.53 bits per heavy atom. The van der Waals surface area contributed by atoms with Crippen LogP contribution in [0.2, 0.25) is 0 Å². The van der Waals surface area contributed by atoms with Crippen LogP contribution in [-0.2, 0) is 4.79 Å². The maximum absolute atomic E-state index is 11.9. The van der Waals surface area contributed by atoms with Gasteiger partial charge in [0.1, 0.15) is 6.04 Å². The molecule has 0 fully saturated rings. The molecule has 4 nitrogen and oxygen atoms in total. The third kappa shape index (κ3) is 3.59. The van der Waals surface area contributed by atoms with Gasteiger partial charge in [-0.25, -0.2) is 4.79 Å². The number of benzene rings is 1. The molecule has 0 aliphatic rings. The van der Waals surface area contributed by atoms with Crippen molar-refractivity contribution in [3.05, 3.63) is 35.4 Å². The fraction of sp³-hybridized carbons (Fsp3) is 0.385. The molecular weight excluding hydrogens is 218 g/mol. The number of carboxylic acid groups (broad SMARTS) is 1. The van der Waals surface area contributed by atoms with Crippen molar-refractivity contribution in [2.45, 2.75) is 32.7 Å². The molecule has 1 atom stereocenters. The summed E-state index contributed by atoms with van der Waals surface area (Å²) in [5, 5.41) is 11.5. The third-order valence-corrected chi connectivity index (χ3v) is 2.57. The minimum absolute atomic E-state index is 0.330. The van der Waals surface area contributed by atoms with E-state index in [-0.39, 0.29) is 5.91 Å². The molecule has 1 rings (SSSR count). The van der Waals surface area contributed by atoms with E-state index in [1.54, 1.807) is 12.1 Å². The molecule has 1 aromatic carbocycles. The minimum atomic E-state index is -0.992. The van der Waals surface area contributed by atoms with Crippen molar-refractivity contribution in [2.24, 2.45) is 0 Å². The normalized spacial score (nSPS) is 11.9. The third-order valence-electron chi connectivity index (χ3n) is 2.57. The van der Waals surface area contributed by atoms with Crippen LogP contribution in [0.25, 0.3) is 0 Å². The average Bonchev–Trinajstić information content (AvgIpc) is 2.28. The van der Waals surface area contributed by atoms with Gasteiger partial charge in [-0.05, 0) is 25.0 Å². The first kappa shape index (κ1) is 13.2. The van der Waals surface area contributed by atoms with Crippen LogP contribution in [-0.4, -0.2) is 23.0 Å². The van der Waals surface area contributed by atoms with Gasteiger partial charge >= 0.3 is 5.97 Å². The second-order valence-corrected chi connectivity index (χ2v) is 3.97. The minimum Gasteiger partial charge on any atom is -0.480 e. The molecule has 1 unspecified atom stereocenters. The van der Waals surface area contributed by atoms with Gasteiger partial charge in [0.2, 0.25) is 0 Å². The molecule has 4 heteroatoms. The lowest BCUT2D eigenvalue weighted by atomic mass is 10.1. The summed E-state index contributed by atoms with van der Waals surface area (Å²) < 4.78 is 0. The molecule has 0 saturated heterocycles. The Bertz CT molecular complexity index is 415. The first-order chi connectivity index (χ1) is 8.06. The molecule has 0 radical (unpaired) electrons. The number of hydrogen-bond acceptors (Lipinski definition) is 2. The zero-order chi connectivity index (χ0) is 12.8. The molecule has 0 bridgehead atoms. The highest BCUT2D eigenvalue weighted by molar-refractivity contribution is 5.97. The molecule has 0 aliphatic carbocycles. The van der Waals surface area contributed by atoms with Crippen molar-refractivity contribution in [3.63, 3.8) is 0 Å². The van der Waals surface area contributed by atoms with E-state index in [0.717, 1.165) is 5.56 Å². The predicted molar refractivity (Wildman–Crippen MR) is 65.0 cm³/mol. The summed E-state index contributed by atoms with van der Waals surface area (Å²) >= 11 is 0. The maximum atomic E-state index is 11.9. The lowest BCUT2D eigenvalue weighted by Gasteiger charge is -2.14. The van der Waals surface area contributed by atoms with Crippen LogP contribution in [0, 0.1) is 6.92 Å². The molecule has 0 spiro atoms. The summed E-state index contributed by atoms with van der Waals surface area (Å²) in [6.45, 7) is 3.71. The van der Waals surface area contributed by atoms with Gasteiger partial charge in [0.15, 0.2) is 0 Å². The second kappa shape index (κ2) is 6.03. The van der Waals surface area contributed by atoms with Crippen LogP contribution in [0.5, 0.6) is 0 Å². The van der Waals surface area contributed by atoms with Crippen LogP contribution in [0.4, 0.5) is 0 Å². The largest absolute Gasteiger partial charge is 0.480 e. The fourth-order valence-electron chi connectivity index (χ4n) is 1.61. The number of carbonyl (C=O) groups excluding carboxylic acids is 1. The lowest BCUT2D eigenvalue weighted by Crippen LogP contribution is -2.40. The Hall–Kier alpha value is -1.84. The Kier molecular flexibility index (Phi) is 4.69. The fourth-order valence-corrected chi connectivity index (χ4v) is 1.61. The molecule has 1 amide bonds. The maximum Gasteiger partial charge on any atom is 0.326 e. The quantitative estimate of drug-likeness (QED) is 0.820. The van der Waals surface area contributed by atoms with E-state index in [1.807, 2.05) is 26.0 Å².